The first-order chi connectivity index (χ1) is 13.5. The summed E-state index contributed by atoms with van der Waals surface area (Å²) in [6.45, 7) is 2.62. The van der Waals surface area contributed by atoms with Gasteiger partial charge in [-0.2, -0.15) is 10.2 Å². The van der Waals surface area contributed by atoms with Crippen LogP contribution in [0, 0.1) is 12.7 Å². The summed E-state index contributed by atoms with van der Waals surface area (Å²) in [5.41, 5.74) is 4.33. The number of rotatable bonds is 8. The number of carbonyl (C=O) groups is 1. The van der Waals surface area contributed by atoms with Gasteiger partial charge in [-0.25, -0.2) is 4.39 Å². The second-order valence-electron chi connectivity index (χ2n) is 7.09. The molecule has 6 nitrogen and oxygen atoms in total. The van der Waals surface area contributed by atoms with Gasteiger partial charge in [0.25, 0.3) is 5.91 Å². The molecule has 0 fully saturated rings. The molecule has 0 aliphatic heterocycles. The standard InChI is InChI=1S/C21H26FN5O/c1-15-19(14-23-27(15)3)21(28)26(2)12-6-4-5-7-18-13-20(25-24-18)16-8-10-17(22)11-9-16/h8-11,13-14H,4-7,12H2,1-3H3,(H,24,25). The molecule has 1 amide bonds. The molecule has 0 radical (unpaired) electrons. The molecule has 0 atom stereocenters. The maximum Gasteiger partial charge on any atom is 0.257 e. The fourth-order valence-electron chi connectivity index (χ4n) is 3.12. The molecule has 1 aromatic carbocycles. The van der Waals surface area contributed by atoms with E-state index in [1.54, 1.807) is 27.9 Å². The lowest BCUT2D eigenvalue weighted by atomic mass is 10.1. The minimum absolute atomic E-state index is 0.0168. The first-order valence-corrected chi connectivity index (χ1v) is 9.50. The number of benzene rings is 1. The van der Waals surface area contributed by atoms with Gasteiger partial charge >= 0.3 is 0 Å². The normalized spacial score (nSPS) is 11.0. The van der Waals surface area contributed by atoms with Crippen molar-refractivity contribution in [3.05, 3.63) is 59.3 Å². The van der Waals surface area contributed by atoms with Crippen molar-refractivity contribution in [2.24, 2.45) is 7.05 Å². The molecule has 0 aliphatic rings. The SMILES string of the molecule is Cc1c(C(=O)N(C)CCCCCc2cc(-c3ccc(F)cc3)n[nH]2)cnn1C. The molecule has 2 aromatic heterocycles. The third-order valence-corrected chi connectivity index (χ3v) is 5.02. The number of nitrogens with one attached hydrogen (secondary N) is 1. The second-order valence-corrected chi connectivity index (χ2v) is 7.09. The van der Waals surface area contributed by atoms with Crippen molar-refractivity contribution in [3.63, 3.8) is 0 Å². The summed E-state index contributed by atoms with van der Waals surface area (Å²) in [6, 6.07) is 8.34. The Hall–Kier alpha value is -2.96. The summed E-state index contributed by atoms with van der Waals surface area (Å²) in [7, 11) is 3.67. The van der Waals surface area contributed by atoms with Crippen LogP contribution >= 0.6 is 0 Å². The molecule has 3 rings (SSSR count). The zero-order chi connectivity index (χ0) is 20.1. The van der Waals surface area contributed by atoms with Crippen molar-refractivity contribution in [3.8, 4) is 11.3 Å². The molecule has 148 valence electrons. The van der Waals surface area contributed by atoms with Crippen molar-refractivity contribution >= 4 is 5.91 Å². The van der Waals surface area contributed by atoms with E-state index < -0.39 is 0 Å². The first kappa shape index (κ1) is 19.8. The average molecular weight is 383 g/mol. The molecular formula is C21H26FN5O. The predicted octanol–water partition coefficient (Wildman–Crippen LogP) is 3.74. The van der Waals surface area contributed by atoms with Crippen molar-refractivity contribution in [2.75, 3.05) is 13.6 Å². The molecule has 2 heterocycles. The van der Waals surface area contributed by atoms with Gasteiger partial charge in [0.15, 0.2) is 0 Å². The number of carbonyl (C=O) groups excluding carboxylic acids is 1. The van der Waals surface area contributed by atoms with Gasteiger partial charge in [-0.1, -0.05) is 6.42 Å². The van der Waals surface area contributed by atoms with Crippen molar-refractivity contribution in [1.82, 2.24) is 24.9 Å². The van der Waals surface area contributed by atoms with Crippen LogP contribution in [0.4, 0.5) is 4.39 Å². The number of aryl methyl sites for hydroxylation is 2. The van der Waals surface area contributed by atoms with E-state index >= 15 is 0 Å². The van der Waals surface area contributed by atoms with Gasteiger partial charge in [-0.15, -0.1) is 0 Å². The number of hydrogen-bond acceptors (Lipinski definition) is 3. The van der Waals surface area contributed by atoms with Crippen molar-refractivity contribution in [2.45, 2.75) is 32.6 Å². The predicted molar refractivity (Wildman–Crippen MR) is 106 cm³/mol. The number of H-pyrrole nitrogens is 1. The maximum absolute atomic E-state index is 13.0. The number of aromatic amines is 1. The number of aromatic nitrogens is 4. The van der Waals surface area contributed by atoms with Crippen LogP contribution in [0.25, 0.3) is 11.3 Å². The molecule has 0 bridgehead atoms. The lowest BCUT2D eigenvalue weighted by Crippen LogP contribution is -2.28. The Morgan fingerprint density at radius 1 is 1.21 bits per heavy atom. The molecule has 0 aliphatic carbocycles. The topological polar surface area (TPSA) is 66.8 Å². The molecule has 1 N–H and O–H groups in total. The summed E-state index contributed by atoms with van der Waals surface area (Å²) < 4.78 is 14.7. The van der Waals surface area contributed by atoms with Gasteiger partial charge in [-0.05, 0) is 56.5 Å². The van der Waals surface area contributed by atoms with Crippen LogP contribution in [0.15, 0.2) is 36.5 Å². The van der Waals surface area contributed by atoms with E-state index in [-0.39, 0.29) is 11.7 Å². The summed E-state index contributed by atoms with van der Waals surface area (Å²) >= 11 is 0. The molecule has 3 aromatic rings. The van der Waals surface area contributed by atoms with Gasteiger partial charge in [0.05, 0.1) is 17.5 Å². The highest BCUT2D eigenvalue weighted by Crippen LogP contribution is 2.19. The lowest BCUT2D eigenvalue weighted by Gasteiger charge is -2.16. The third-order valence-electron chi connectivity index (χ3n) is 5.02. The van der Waals surface area contributed by atoms with E-state index in [2.05, 4.69) is 15.3 Å². The van der Waals surface area contributed by atoms with E-state index in [1.165, 1.54) is 12.1 Å². The number of halogens is 1. The molecule has 0 spiro atoms. The Balaban J connectivity index is 1.41. The van der Waals surface area contributed by atoms with Gasteiger partial charge < -0.3 is 4.90 Å². The Morgan fingerprint density at radius 3 is 2.64 bits per heavy atom. The van der Waals surface area contributed by atoms with E-state index in [1.807, 2.05) is 27.1 Å². The third kappa shape index (κ3) is 4.65. The number of amides is 1. The van der Waals surface area contributed by atoms with Crippen LogP contribution in [-0.4, -0.2) is 44.4 Å². The summed E-state index contributed by atoms with van der Waals surface area (Å²) in [5.74, 6) is -0.232. The number of nitrogens with zero attached hydrogens (tertiary/aromatic N) is 4. The summed E-state index contributed by atoms with van der Waals surface area (Å²) in [5, 5.41) is 11.5. The molecular weight excluding hydrogens is 357 g/mol. The maximum atomic E-state index is 13.0. The summed E-state index contributed by atoms with van der Waals surface area (Å²) in [4.78, 5) is 14.2. The molecule has 7 heteroatoms. The van der Waals surface area contributed by atoms with Gasteiger partial charge in [0.1, 0.15) is 5.82 Å². The van der Waals surface area contributed by atoms with E-state index in [9.17, 15) is 9.18 Å². The molecule has 0 saturated carbocycles. The van der Waals surface area contributed by atoms with E-state index in [4.69, 9.17) is 0 Å². The molecule has 28 heavy (non-hydrogen) atoms. The van der Waals surface area contributed by atoms with Gasteiger partial charge in [-0.3, -0.25) is 14.6 Å². The Labute approximate surface area is 164 Å². The van der Waals surface area contributed by atoms with E-state index in [0.29, 0.717) is 5.56 Å². The Kier molecular flexibility index (Phi) is 6.23. The minimum Gasteiger partial charge on any atom is -0.342 e. The highest BCUT2D eigenvalue weighted by Gasteiger charge is 2.16. The van der Waals surface area contributed by atoms with Gasteiger partial charge in [0.2, 0.25) is 0 Å². The van der Waals surface area contributed by atoms with Crippen LogP contribution in [0.1, 0.15) is 41.0 Å². The minimum atomic E-state index is -0.248. The highest BCUT2D eigenvalue weighted by atomic mass is 19.1. The number of hydrogen-bond donors (Lipinski definition) is 1. The smallest absolute Gasteiger partial charge is 0.257 e. The van der Waals surface area contributed by atoms with Gasteiger partial charge in [0, 0.05) is 37.6 Å². The van der Waals surface area contributed by atoms with Crippen molar-refractivity contribution < 1.29 is 9.18 Å². The largest absolute Gasteiger partial charge is 0.342 e. The fraction of sp³-hybridized carbons (Fsp3) is 0.381. The fourth-order valence-corrected chi connectivity index (χ4v) is 3.12. The number of unbranched alkanes of at least 4 members (excludes halogenated alkanes) is 2. The Morgan fingerprint density at radius 2 is 1.96 bits per heavy atom. The van der Waals surface area contributed by atoms with Crippen LogP contribution in [0.2, 0.25) is 0 Å². The van der Waals surface area contributed by atoms with Crippen molar-refractivity contribution in [1.29, 1.82) is 0 Å². The second kappa shape index (κ2) is 8.82. The zero-order valence-corrected chi connectivity index (χ0v) is 16.6. The monoisotopic (exact) mass is 383 g/mol. The van der Waals surface area contributed by atoms with Crippen LogP contribution in [0.3, 0.4) is 0 Å². The van der Waals surface area contributed by atoms with Crippen LogP contribution in [0.5, 0.6) is 0 Å². The Bertz CT molecular complexity index is 929. The van der Waals surface area contributed by atoms with Crippen LogP contribution in [-0.2, 0) is 13.5 Å². The molecule has 0 saturated heterocycles. The first-order valence-electron chi connectivity index (χ1n) is 9.50. The lowest BCUT2D eigenvalue weighted by molar-refractivity contribution is 0.0791. The van der Waals surface area contributed by atoms with Crippen LogP contribution < -0.4 is 0 Å². The molecule has 0 unspecified atom stereocenters. The van der Waals surface area contributed by atoms with E-state index in [0.717, 1.165) is 54.9 Å². The zero-order valence-electron chi connectivity index (χ0n) is 16.6. The summed E-state index contributed by atoms with van der Waals surface area (Å²) in [6.07, 6.45) is 5.51. The highest BCUT2D eigenvalue weighted by molar-refractivity contribution is 5.94. The average Bonchev–Trinajstić information content (AvgIpc) is 3.29. The quantitative estimate of drug-likeness (QED) is 0.603.